The van der Waals surface area contributed by atoms with E-state index in [1.54, 1.807) is 18.2 Å². The van der Waals surface area contributed by atoms with Gasteiger partial charge in [0.1, 0.15) is 17.7 Å². The van der Waals surface area contributed by atoms with Gasteiger partial charge in [0.25, 0.3) is 0 Å². The zero-order valence-corrected chi connectivity index (χ0v) is 13.4. The Bertz CT molecular complexity index is 576. The lowest BCUT2D eigenvalue weighted by Gasteiger charge is -2.25. The molecule has 2 atom stereocenters. The molecular formula is C16H17FINO. The van der Waals surface area contributed by atoms with Crippen molar-refractivity contribution in [2.24, 2.45) is 5.73 Å². The molecule has 0 saturated carbocycles. The van der Waals surface area contributed by atoms with Crippen LogP contribution in [0.1, 0.15) is 25.0 Å². The van der Waals surface area contributed by atoms with Crippen molar-refractivity contribution in [3.05, 3.63) is 63.5 Å². The molecule has 0 bridgehead atoms. The van der Waals surface area contributed by atoms with Gasteiger partial charge in [-0.1, -0.05) is 31.2 Å². The first-order valence-electron chi connectivity index (χ1n) is 6.54. The van der Waals surface area contributed by atoms with Crippen molar-refractivity contribution in [2.75, 3.05) is 0 Å². The van der Waals surface area contributed by atoms with E-state index in [0.717, 1.165) is 3.57 Å². The molecule has 2 unspecified atom stereocenters. The number of hydrogen-bond acceptors (Lipinski definition) is 2. The highest BCUT2D eigenvalue weighted by Gasteiger charge is 2.23. The first-order chi connectivity index (χ1) is 9.61. The van der Waals surface area contributed by atoms with Gasteiger partial charge in [0.2, 0.25) is 0 Å². The van der Waals surface area contributed by atoms with Gasteiger partial charge in [-0.2, -0.15) is 0 Å². The third kappa shape index (κ3) is 3.70. The Labute approximate surface area is 132 Å². The molecule has 106 valence electrons. The summed E-state index contributed by atoms with van der Waals surface area (Å²) >= 11 is 2.21. The summed E-state index contributed by atoms with van der Waals surface area (Å²) in [5.74, 6) is 0.418. The zero-order chi connectivity index (χ0) is 14.5. The molecule has 20 heavy (non-hydrogen) atoms. The normalized spacial score (nSPS) is 13.8. The van der Waals surface area contributed by atoms with E-state index in [1.165, 1.54) is 6.07 Å². The number of hydrogen-bond donors (Lipinski definition) is 1. The Morgan fingerprint density at radius 2 is 1.95 bits per heavy atom. The second-order valence-electron chi connectivity index (χ2n) is 4.59. The molecule has 2 aromatic carbocycles. The van der Waals surface area contributed by atoms with Gasteiger partial charge in [0, 0.05) is 15.2 Å². The third-order valence-electron chi connectivity index (χ3n) is 3.13. The van der Waals surface area contributed by atoms with Crippen LogP contribution in [-0.4, -0.2) is 6.04 Å². The zero-order valence-electron chi connectivity index (χ0n) is 11.2. The molecular weight excluding hydrogens is 368 g/mol. The van der Waals surface area contributed by atoms with Gasteiger partial charge >= 0.3 is 0 Å². The fourth-order valence-electron chi connectivity index (χ4n) is 1.99. The maximum Gasteiger partial charge on any atom is 0.142 e. The van der Waals surface area contributed by atoms with Crippen molar-refractivity contribution in [1.29, 1.82) is 0 Å². The molecule has 2 N–H and O–H groups in total. The van der Waals surface area contributed by atoms with Crippen LogP contribution >= 0.6 is 22.6 Å². The molecule has 2 rings (SSSR count). The summed E-state index contributed by atoms with van der Waals surface area (Å²) < 4.78 is 21.0. The van der Waals surface area contributed by atoms with Crippen LogP contribution in [0.5, 0.6) is 5.75 Å². The second-order valence-corrected chi connectivity index (χ2v) is 5.84. The lowest BCUT2D eigenvalue weighted by atomic mass is 10.0. The monoisotopic (exact) mass is 385 g/mol. The molecule has 4 heteroatoms. The topological polar surface area (TPSA) is 35.2 Å². The minimum Gasteiger partial charge on any atom is -0.484 e. The number of halogens is 2. The summed E-state index contributed by atoms with van der Waals surface area (Å²) in [5, 5.41) is 0. The first kappa shape index (κ1) is 15.3. The predicted octanol–water partition coefficient (Wildman–Crippen LogP) is 4.29. The highest BCUT2D eigenvalue weighted by atomic mass is 127. The Morgan fingerprint density at radius 3 is 2.60 bits per heavy atom. The minimum absolute atomic E-state index is 0.259. The van der Waals surface area contributed by atoms with Gasteiger partial charge in [-0.05, 0) is 53.3 Å². The maximum absolute atomic E-state index is 14.0. The highest BCUT2D eigenvalue weighted by Crippen LogP contribution is 2.28. The van der Waals surface area contributed by atoms with Crippen LogP contribution in [0.3, 0.4) is 0 Å². The van der Waals surface area contributed by atoms with Gasteiger partial charge in [-0.3, -0.25) is 0 Å². The SMILES string of the molecule is CCC(N)C(Oc1cccc(I)c1)c1ccccc1F. The smallest absolute Gasteiger partial charge is 0.142 e. The molecule has 0 heterocycles. The molecule has 0 aliphatic rings. The van der Waals surface area contributed by atoms with Crippen LogP contribution < -0.4 is 10.5 Å². The van der Waals surface area contributed by atoms with Crippen molar-refractivity contribution in [3.8, 4) is 5.75 Å². The van der Waals surface area contributed by atoms with E-state index >= 15 is 0 Å². The lowest BCUT2D eigenvalue weighted by molar-refractivity contribution is 0.166. The molecule has 0 saturated heterocycles. The van der Waals surface area contributed by atoms with Crippen molar-refractivity contribution < 1.29 is 9.13 Å². The van der Waals surface area contributed by atoms with E-state index in [-0.39, 0.29) is 11.9 Å². The summed E-state index contributed by atoms with van der Waals surface area (Å²) in [6.07, 6.45) is 0.225. The van der Waals surface area contributed by atoms with Crippen LogP contribution in [0.15, 0.2) is 48.5 Å². The standard InChI is InChI=1S/C16H17FINO/c1-2-15(19)16(13-8-3-4-9-14(13)17)20-12-7-5-6-11(18)10-12/h3-10,15-16H,2,19H2,1H3. The molecule has 0 radical (unpaired) electrons. The quantitative estimate of drug-likeness (QED) is 0.780. The third-order valence-corrected chi connectivity index (χ3v) is 3.80. The summed E-state index contributed by atoms with van der Waals surface area (Å²) in [6.45, 7) is 1.97. The number of ether oxygens (including phenoxy) is 1. The second kappa shape index (κ2) is 7.04. The molecule has 0 spiro atoms. The summed E-state index contributed by atoms with van der Waals surface area (Å²) in [4.78, 5) is 0. The van der Waals surface area contributed by atoms with Crippen molar-refractivity contribution in [1.82, 2.24) is 0 Å². The van der Waals surface area contributed by atoms with Crippen LogP contribution in [-0.2, 0) is 0 Å². The van der Waals surface area contributed by atoms with Crippen molar-refractivity contribution >= 4 is 22.6 Å². The molecule has 0 fully saturated rings. The molecule has 0 aliphatic heterocycles. The van der Waals surface area contributed by atoms with Crippen LogP contribution in [0.4, 0.5) is 4.39 Å². The van der Waals surface area contributed by atoms with Crippen molar-refractivity contribution in [3.63, 3.8) is 0 Å². The molecule has 0 aliphatic carbocycles. The van der Waals surface area contributed by atoms with Crippen LogP contribution in [0.25, 0.3) is 0 Å². The number of rotatable bonds is 5. The summed E-state index contributed by atoms with van der Waals surface area (Å²) in [7, 11) is 0. The van der Waals surface area contributed by atoms with Gasteiger partial charge in [0.05, 0.1) is 0 Å². The van der Waals surface area contributed by atoms with E-state index < -0.39 is 6.10 Å². The fourth-order valence-corrected chi connectivity index (χ4v) is 2.50. The van der Waals surface area contributed by atoms with E-state index in [2.05, 4.69) is 22.6 Å². The summed E-state index contributed by atoms with van der Waals surface area (Å²) in [5.41, 5.74) is 6.61. The van der Waals surface area contributed by atoms with Gasteiger partial charge < -0.3 is 10.5 Å². The molecule has 2 aromatic rings. The molecule has 2 nitrogen and oxygen atoms in total. The maximum atomic E-state index is 14.0. The Morgan fingerprint density at radius 1 is 1.20 bits per heavy atom. The molecule has 0 aromatic heterocycles. The van der Waals surface area contributed by atoms with Gasteiger partial charge in [-0.25, -0.2) is 4.39 Å². The predicted molar refractivity (Wildman–Crippen MR) is 87.2 cm³/mol. The Kier molecular flexibility index (Phi) is 5.37. The van der Waals surface area contributed by atoms with E-state index in [1.807, 2.05) is 31.2 Å². The van der Waals surface area contributed by atoms with E-state index in [0.29, 0.717) is 17.7 Å². The Balaban J connectivity index is 2.32. The lowest BCUT2D eigenvalue weighted by Crippen LogP contribution is -2.32. The van der Waals surface area contributed by atoms with Gasteiger partial charge in [0.15, 0.2) is 0 Å². The summed E-state index contributed by atoms with van der Waals surface area (Å²) in [6, 6.07) is 14.0. The van der Waals surface area contributed by atoms with E-state index in [4.69, 9.17) is 10.5 Å². The largest absolute Gasteiger partial charge is 0.484 e. The number of nitrogens with two attached hydrogens (primary N) is 1. The van der Waals surface area contributed by atoms with Crippen LogP contribution in [0, 0.1) is 9.39 Å². The van der Waals surface area contributed by atoms with Gasteiger partial charge in [-0.15, -0.1) is 0 Å². The number of benzene rings is 2. The first-order valence-corrected chi connectivity index (χ1v) is 7.62. The van der Waals surface area contributed by atoms with Crippen LogP contribution in [0.2, 0.25) is 0 Å². The molecule has 0 amide bonds. The Hall–Kier alpha value is -1.14. The van der Waals surface area contributed by atoms with Crippen molar-refractivity contribution in [2.45, 2.75) is 25.5 Å². The average Bonchev–Trinajstić information content (AvgIpc) is 2.45. The van der Waals surface area contributed by atoms with E-state index in [9.17, 15) is 4.39 Å². The average molecular weight is 385 g/mol. The highest BCUT2D eigenvalue weighted by molar-refractivity contribution is 14.1. The minimum atomic E-state index is -0.487. The fraction of sp³-hybridized carbons (Fsp3) is 0.250.